The van der Waals surface area contributed by atoms with Gasteiger partial charge in [0.05, 0.1) is 0 Å². The molecule has 4 heteroatoms. The zero-order valence-electron chi connectivity index (χ0n) is 13.4. The molecule has 0 aromatic heterocycles. The second-order valence-corrected chi connectivity index (χ2v) is 5.69. The molecular weight excluding hydrogens is 294 g/mol. The second-order valence-electron chi connectivity index (χ2n) is 5.69. The van der Waals surface area contributed by atoms with Crippen molar-refractivity contribution >= 4 is 0 Å². The van der Waals surface area contributed by atoms with Crippen LogP contribution in [0.4, 0.5) is 8.78 Å². The molecule has 1 radical (unpaired) electrons. The number of hydrogen-bond acceptors (Lipinski definition) is 2. The predicted octanol–water partition coefficient (Wildman–Crippen LogP) is 3.39. The molecule has 0 aliphatic rings. The van der Waals surface area contributed by atoms with Gasteiger partial charge in [0.1, 0.15) is 11.6 Å². The quantitative estimate of drug-likeness (QED) is 0.733. The van der Waals surface area contributed by atoms with Crippen LogP contribution >= 0.6 is 0 Å². The summed E-state index contributed by atoms with van der Waals surface area (Å²) in [6.07, 6.45) is 3.36. The minimum Gasteiger partial charge on any atom is -0.327 e. The van der Waals surface area contributed by atoms with Gasteiger partial charge < -0.3 is 11.1 Å². The molecule has 1 unspecified atom stereocenters. The van der Waals surface area contributed by atoms with Gasteiger partial charge in [0.25, 0.3) is 0 Å². The Morgan fingerprint density at radius 3 is 2.43 bits per heavy atom. The molecule has 23 heavy (non-hydrogen) atoms. The van der Waals surface area contributed by atoms with E-state index in [0.717, 1.165) is 19.0 Å². The van der Waals surface area contributed by atoms with Gasteiger partial charge in [0.2, 0.25) is 0 Å². The third-order valence-electron chi connectivity index (χ3n) is 3.69. The molecule has 0 amide bonds. The highest BCUT2D eigenvalue weighted by molar-refractivity contribution is 5.23. The Balaban J connectivity index is 1.73. The summed E-state index contributed by atoms with van der Waals surface area (Å²) in [4.78, 5) is 0. The van der Waals surface area contributed by atoms with Crippen molar-refractivity contribution in [2.75, 3.05) is 6.54 Å². The van der Waals surface area contributed by atoms with Crippen molar-refractivity contribution < 1.29 is 8.78 Å². The Labute approximate surface area is 136 Å². The van der Waals surface area contributed by atoms with Gasteiger partial charge in [-0.3, -0.25) is 0 Å². The molecular formula is C19H23F2N2. The van der Waals surface area contributed by atoms with E-state index < -0.39 is 11.6 Å². The molecule has 0 fully saturated rings. The largest absolute Gasteiger partial charge is 0.327 e. The summed E-state index contributed by atoms with van der Waals surface area (Å²) in [7, 11) is 0. The van der Waals surface area contributed by atoms with Crippen LogP contribution in [0.5, 0.6) is 0 Å². The van der Waals surface area contributed by atoms with E-state index in [0.29, 0.717) is 18.5 Å². The highest BCUT2D eigenvalue weighted by atomic mass is 19.1. The molecule has 0 aliphatic carbocycles. The van der Waals surface area contributed by atoms with Crippen molar-refractivity contribution in [3.63, 3.8) is 0 Å². The smallest absolute Gasteiger partial charge is 0.126 e. The molecule has 3 N–H and O–H groups in total. The van der Waals surface area contributed by atoms with Gasteiger partial charge in [-0.05, 0) is 48.1 Å². The normalized spacial score (nSPS) is 12.3. The van der Waals surface area contributed by atoms with E-state index in [1.807, 2.05) is 6.42 Å². The Morgan fingerprint density at radius 2 is 1.74 bits per heavy atom. The molecule has 2 nitrogen and oxygen atoms in total. The zero-order chi connectivity index (χ0) is 16.7. The third kappa shape index (κ3) is 6.08. The Kier molecular flexibility index (Phi) is 6.68. The lowest BCUT2D eigenvalue weighted by atomic mass is 10.0. The lowest BCUT2D eigenvalue weighted by Crippen LogP contribution is -2.29. The molecule has 2 rings (SSSR count). The minimum atomic E-state index is -0.568. The number of halogens is 2. The Morgan fingerprint density at radius 1 is 1.04 bits per heavy atom. The third-order valence-corrected chi connectivity index (χ3v) is 3.69. The van der Waals surface area contributed by atoms with Crippen LogP contribution in [0.1, 0.15) is 23.6 Å². The van der Waals surface area contributed by atoms with Crippen molar-refractivity contribution in [1.82, 2.24) is 5.32 Å². The lowest BCUT2D eigenvalue weighted by molar-refractivity contribution is 0.576. The maximum atomic E-state index is 13.1. The molecule has 123 valence electrons. The number of benzene rings is 2. The van der Waals surface area contributed by atoms with E-state index in [9.17, 15) is 8.78 Å². The van der Waals surface area contributed by atoms with Gasteiger partial charge in [-0.25, -0.2) is 8.78 Å². The predicted molar refractivity (Wildman–Crippen MR) is 89.9 cm³/mol. The summed E-state index contributed by atoms with van der Waals surface area (Å²) in [6.45, 7) is 3.55. The molecule has 0 saturated carbocycles. The first-order valence-electron chi connectivity index (χ1n) is 7.89. The fourth-order valence-electron chi connectivity index (χ4n) is 2.50. The average Bonchev–Trinajstić information content (AvgIpc) is 2.51. The Hall–Kier alpha value is -1.78. The van der Waals surface area contributed by atoms with Crippen LogP contribution in [-0.2, 0) is 19.4 Å². The topological polar surface area (TPSA) is 38.0 Å². The van der Waals surface area contributed by atoms with Crippen LogP contribution in [0, 0.1) is 18.1 Å². The SMILES string of the molecule is CCc1cccc(CNC[CH]C(N)Cc2cc(F)cc(F)c2)c1. The van der Waals surface area contributed by atoms with Crippen LogP contribution in [0.15, 0.2) is 42.5 Å². The van der Waals surface area contributed by atoms with Gasteiger partial charge in [-0.1, -0.05) is 31.2 Å². The van der Waals surface area contributed by atoms with Crippen LogP contribution < -0.4 is 11.1 Å². The summed E-state index contributed by atoms with van der Waals surface area (Å²) in [5.74, 6) is -1.14. The first kappa shape index (κ1) is 17.6. The lowest BCUT2D eigenvalue weighted by Gasteiger charge is -2.12. The van der Waals surface area contributed by atoms with Crippen molar-refractivity contribution in [1.29, 1.82) is 0 Å². The molecule has 0 heterocycles. The summed E-state index contributed by atoms with van der Waals surface area (Å²) in [6, 6.07) is 11.7. The molecule has 1 atom stereocenters. The highest BCUT2D eigenvalue weighted by Crippen LogP contribution is 2.10. The fourth-order valence-corrected chi connectivity index (χ4v) is 2.50. The number of aryl methyl sites for hydroxylation is 1. The maximum Gasteiger partial charge on any atom is 0.126 e. The molecule has 2 aromatic carbocycles. The van der Waals surface area contributed by atoms with Crippen molar-refractivity contribution in [2.45, 2.75) is 32.4 Å². The molecule has 0 bridgehead atoms. The van der Waals surface area contributed by atoms with Gasteiger partial charge >= 0.3 is 0 Å². The summed E-state index contributed by atoms with van der Waals surface area (Å²) in [5, 5.41) is 3.31. The summed E-state index contributed by atoms with van der Waals surface area (Å²) < 4.78 is 26.3. The number of nitrogens with one attached hydrogen (secondary N) is 1. The van der Waals surface area contributed by atoms with Gasteiger partial charge in [0, 0.05) is 25.2 Å². The zero-order valence-corrected chi connectivity index (χ0v) is 13.4. The highest BCUT2D eigenvalue weighted by Gasteiger charge is 2.07. The van der Waals surface area contributed by atoms with Crippen molar-refractivity contribution in [3.8, 4) is 0 Å². The van der Waals surface area contributed by atoms with E-state index in [2.05, 4.69) is 36.5 Å². The van der Waals surface area contributed by atoms with Crippen LogP contribution in [0.25, 0.3) is 0 Å². The second kappa shape index (κ2) is 8.75. The summed E-state index contributed by atoms with van der Waals surface area (Å²) in [5.41, 5.74) is 9.11. The van der Waals surface area contributed by atoms with Crippen LogP contribution in [0.2, 0.25) is 0 Å². The first-order chi connectivity index (χ1) is 11.1. The average molecular weight is 317 g/mol. The summed E-state index contributed by atoms with van der Waals surface area (Å²) >= 11 is 0. The van der Waals surface area contributed by atoms with Gasteiger partial charge in [0.15, 0.2) is 0 Å². The van der Waals surface area contributed by atoms with E-state index in [4.69, 9.17) is 5.73 Å². The number of hydrogen-bond donors (Lipinski definition) is 2. The fraction of sp³-hybridized carbons (Fsp3) is 0.316. The molecule has 2 aromatic rings. The molecule has 0 saturated heterocycles. The van der Waals surface area contributed by atoms with Crippen molar-refractivity contribution in [2.24, 2.45) is 5.73 Å². The van der Waals surface area contributed by atoms with E-state index in [1.54, 1.807) is 0 Å². The maximum absolute atomic E-state index is 13.1. The van der Waals surface area contributed by atoms with Gasteiger partial charge in [-0.15, -0.1) is 0 Å². The number of nitrogens with two attached hydrogens (primary N) is 1. The standard InChI is InChI=1S/C19H23F2N2/c1-2-14-4-3-5-15(8-14)13-23-7-6-19(22)11-16-9-17(20)12-18(21)10-16/h3-6,8-10,12,19,23H,2,7,11,13,22H2,1H3. The van der Waals surface area contributed by atoms with Crippen LogP contribution in [-0.4, -0.2) is 12.6 Å². The van der Waals surface area contributed by atoms with Gasteiger partial charge in [-0.2, -0.15) is 0 Å². The number of rotatable bonds is 8. The van der Waals surface area contributed by atoms with E-state index in [-0.39, 0.29) is 6.04 Å². The Bertz CT molecular complexity index is 608. The molecule has 0 aliphatic heterocycles. The van der Waals surface area contributed by atoms with E-state index in [1.165, 1.54) is 23.3 Å². The van der Waals surface area contributed by atoms with E-state index >= 15 is 0 Å². The van der Waals surface area contributed by atoms with Crippen LogP contribution in [0.3, 0.4) is 0 Å². The molecule has 0 spiro atoms. The minimum absolute atomic E-state index is 0.245. The first-order valence-corrected chi connectivity index (χ1v) is 7.89. The monoisotopic (exact) mass is 317 g/mol. The van der Waals surface area contributed by atoms with Crippen molar-refractivity contribution in [3.05, 3.63) is 77.2 Å².